The summed E-state index contributed by atoms with van der Waals surface area (Å²) in [4.78, 5) is 0. The average molecular weight is 279 g/mol. The number of nitrogen functional groups attached to an aromatic ring is 1. The number of hydrogen-bond acceptors (Lipinski definition) is 1. The van der Waals surface area contributed by atoms with E-state index in [0.717, 1.165) is 24.5 Å². The number of alkyl halides is 3. The smallest absolute Gasteiger partial charge is 0.399 e. The molecule has 0 saturated carbocycles. The quantitative estimate of drug-likeness (QED) is 0.821. The summed E-state index contributed by atoms with van der Waals surface area (Å²) in [6.45, 7) is 0. The Kier molecular flexibility index (Phi) is 4.32. The van der Waals surface area contributed by atoms with Gasteiger partial charge in [-0.2, -0.15) is 13.2 Å². The Hall–Kier alpha value is -1.97. The molecule has 0 aromatic heterocycles. The second-order valence-electron chi connectivity index (χ2n) is 4.80. The summed E-state index contributed by atoms with van der Waals surface area (Å²) in [6.07, 6.45) is -2.05. The fourth-order valence-corrected chi connectivity index (χ4v) is 2.15. The molecule has 20 heavy (non-hydrogen) atoms. The molecule has 0 unspecified atom stereocenters. The minimum Gasteiger partial charge on any atom is -0.399 e. The summed E-state index contributed by atoms with van der Waals surface area (Å²) in [5.74, 6) is 0. The van der Waals surface area contributed by atoms with E-state index in [1.807, 2.05) is 24.3 Å². The van der Waals surface area contributed by atoms with Crippen molar-refractivity contribution in [2.45, 2.75) is 25.4 Å². The molecule has 0 aliphatic rings. The summed E-state index contributed by atoms with van der Waals surface area (Å²) in [5.41, 5.74) is 7.63. The van der Waals surface area contributed by atoms with E-state index in [4.69, 9.17) is 5.73 Å². The molecule has 2 aromatic carbocycles. The van der Waals surface area contributed by atoms with Gasteiger partial charge in [-0.3, -0.25) is 0 Å². The van der Waals surface area contributed by atoms with Crippen molar-refractivity contribution in [1.29, 1.82) is 0 Å². The molecule has 0 aliphatic carbocycles. The molecule has 2 aromatic rings. The zero-order chi connectivity index (χ0) is 14.6. The van der Waals surface area contributed by atoms with Gasteiger partial charge in [0, 0.05) is 5.69 Å². The van der Waals surface area contributed by atoms with Gasteiger partial charge in [0.2, 0.25) is 0 Å². The third-order valence-corrected chi connectivity index (χ3v) is 3.14. The van der Waals surface area contributed by atoms with Gasteiger partial charge in [0.25, 0.3) is 0 Å². The number of hydrogen-bond donors (Lipinski definition) is 1. The van der Waals surface area contributed by atoms with Gasteiger partial charge >= 0.3 is 6.18 Å². The molecule has 0 atom stereocenters. The van der Waals surface area contributed by atoms with Crippen LogP contribution in [-0.4, -0.2) is 0 Å². The maximum absolute atomic E-state index is 12.6. The molecule has 2 rings (SSSR count). The van der Waals surface area contributed by atoms with Crippen LogP contribution in [0.1, 0.15) is 23.1 Å². The highest BCUT2D eigenvalue weighted by Gasteiger charge is 2.30. The zero-order valence-electron chi connectivity index (χ0n) is 11.0. The molecule has 0 amide bonds. The minimum absolute atomic E-state index is 0.584. The molecular weight excluding hydrogens is 263 g/mol. The predicted molar refractivity (Wildman–Crippen MR) is 74.3 cm³/mol. The van der Waals surface area contributed by atoms with E-state index in [-0.39, 0.29) is 0 Å². The van der Waals surface area contributed by atoms with Gasteiger partial charge in [0.15, 0.2) is 0 Å². The molecule has 0 fully saturated rings. The van der Waals surface area contributed by atoms with E-state index in [9.17, 15) is 13.2 Å². The number of halogens is 3. The first kappa shape index (κ1) is 14.4. The second kappa shape index (κ2) is 5.99. The van der Waals surface area contributed by atoms with Crippen LogP contribution in [-0.2, 0) is 19.0 Å². The average Bonchev–Trinajstić information content (AvgIpc) is 2.38. The Morgan fingerprint density at radius 3 is 2.05 bits per heavy atom. The standard InChI is InChI=1S/C16H16F3N/c17-16(18,19)14-8-2-6-12(10-14)4-1-5-13-7-3-9-15(20)11-13/h2-3,6-11H,1,4-5,20H2. The van der Waals surface area contributed by atoms with Crippen molar-refractivity contribution >= 4 is 5.69 Å². The van der Waals surface area contributed by atoms with Crippen LogP contribution in [0.15, 0.2) is 48.5 Å². The monoisotopic (exact) mass is 279 g/mol. The van der Waals surface area contributed by atoms with Gasteiger partial charge in [0.05, 0.1) is 5.56 Å². The van der Waals surface area contributed by atoms with Crippen molar-refractivity contribution in [1.82, 2.24) is 0 Å². The highest BCUT2D eigenvalue weighted by molar-refractivity contribution is 5.40. The minimum atomic E-state index is -4.27. The largest absolute Gasteiger partial charge is 0.416 e. The van der Waals surface area contributed by atoms with Crippen molar-refractivity contribution in [3.63, 3.8) is 0 Å². The van der Waals surface area contributed by atoms with E-state index in [1.54, 1.807) is 6.07 Å². The Balaban J connectivity index is 1.94. The highest BCUT2D eigenvalue weighted by Crippen LogP contribution is 2.29. The summed E-state index contributed by atoms with van der Waals surface area (Å²) in [6, 6.07) is 13.1. The summed E-state index contributed by atoms with van der Waals surface area (Å²) >= 11 is 0. The normalized spacial score (nSPS) is 11.6. The van der Waals surface area contributed by atoms with E-state index in [2.05, 4.69) is 0 Å². The molecule has 106 valence electrons. The Morgan fingerprint density at radius 2 is 1.45 bits per heavy atom. The van der Waals surface area contributed by atoms with E-state index < -0.39 is 11.7 Å². The van der Waals surface area contributed by atoms with Crippen LogP contribution in [0.5, 0.6) is 0 Å². The van der Waals surface area contributed by atoms with Gasteiger partial charge in [0.1, 0.15) is 0 Å². The van der Waals surface area contributed by atoms with E-state index in [1.165, 1.54) is 12.1 Å². The van der Waals surface area contributed by atoms with Crippen LogP contribution >= 0.6 is 0 Å². The van der Waals surface area contributed by atoms with Crippen LogP contribution in [0, 0.1) is 0 Å². The maximum Gasteiger partial charge on any atom is 0.416 e. The maximum atomic E-state index is 12.6. The molecule has 0 spiro atoms. The number of benzene rings is 2. The van der Waals surface area contributed by atoms with Crippen molar-refractivity contribution in [2.24, 2.45) is 0 Å². The van der Waals surface area contributed by atoms with Crippen LogP contribution in [0.4, 0.5) is 18.9 Å². The van der Waals surface area contributed by atoms with Crippen molar-refractivity contribution < 1.29 is 13.2 Å². The molecule has 0 radical (unpaired) electrons. The summed E-state index contributed by atoms with van der Waals surface area (Å²) < 4.78 is 37.8. The zero-order valence-corrected chi connectivity index (χ0v) is 11.0. The molecule has 0 saturated heterocycles. The lowest BCUT2D eigenvalue weighted by atomic mass is 10.0. The van der Waals surface area contributed by atoms with Crippen LogP contribution in [0.25, 0.3) is 0 Å². The number of anilines is 1. The first-order chi connectivity index (χ1) is 9.45. The SMILES string of the molecule is Nc1cccc(CCCc2cccc(C(F)(F)F)c2)c1. The Bertz CT molecular complexity index is 576. The molecular formula is C16H16F3N. The van der Waals surface area contributed by atoms with Crippen LogP contribution < -0.4 is 5.73 Å². The number of aryl methyl sites for hydroxylation is 2. The lowest BCUT2D eigenvalue weighted by molar-refractivity contribution is -0.137. The lowest BCUT2D eigenvalue weighted by Crippen LogP contribution is -2.05. The molecule has 2 N–H and O–H groups in total. The lowest BCUT2D eigenvalue weighted by Gasteiger charge is -2.09. The van der Waals surface area contributed by atoms with Gasteiger partial charge in [-0.15, -0.1) is 0 Å². The number of rotatable bonds is 4. The third-order valence-electron chi connectivity index (χ3n) is 3.14. The van der Waals surface area contributed by atoms with Crippen LogP contribution in [0.2, 0.25) is 0 Å². The molecule has 1 nitrogen and oxygen atoms in total. The molecule has 4 heteroatoms. The molecule has 0 bridgehead atoms. The van der Waals surface area contributed by atoms with Gasteiger partial charge in [-0.05, 0) is 48.6 Å². The Morgan fingerprint density at radius 1 is 0.850 bits per heavy atom. The highest BCUT2D eigenvalue weighted by atomic mass is 19.4. The predicted octanol–water partition coefficient (Wildman–Crippen LogP) is 4.46. The fourth-order valence-electron chi connectivity index (χ4n) is 2.15. The van der Waals surface area contributed by atoms with Gasteiger partial charge in [-0.1, -0.05) is 30.3 Å². The summed E-state index contributed by atoms with van der Waals surface area (Å²) in [5, 5.41) is 0. The Labute approximate surface area is 116 Å². The van der Waals surface area contributed by atoms with Crippen molar-refractivity contribution in [3.8, 4) is 0 Å². The molecule has 0 heterocycles. The third kappa shape index (κ3) is 4.02. The fraction of sp³-hybridized carbons (Fsp3) is 0.250. The molecule has 0 aliphatic heterocycles. The second-order valence-corrected chi connectivity index (χ2v) is 4.80. The van der Waals surface area contributed by atoms with Crippen molar-refractivity contribution in [2.75, 3.05) is 5.73 Å². The number of nitrogens with two attached hydrogens (primary N) is 1. The van der Waals surface area contributed by atoms with Gasteiger partial charge in [-0.25, -0.2) is 0 Å². The van der Waals surface area contributed by atoms with E-state index in [0.29, 0.717) is 17.7 Å². The first-order valence-corrected chi connectivity index (χ1v) is 6.46. The van der Waals surface area contributed by atoms with Crippen molar-refractivity contribution in [3.05, 3.63) is 65.2 Å². The van der Waals surface area contributed by atoms with Crippen LogP contribution in [0.3, 0.4) is 0 Å². The summed E-state index contributed by atoms with van der Waals surface area (Å²) in [7, 11) is 0. The first-order valence-electron chi connectivity index (χ1n) is 6.46. The van der Waals surface area contributed by atoms with Gasteiger partial charge < -0.3 is 5.73 Å². The van der Waals surface area contributed by atoms with E-state index >= 15 is 0 Å². The topological polar surface area (TPSA) is 26.0 Å².